The minimum absolute atomic E-state index is 0.531. The molecule has 0 unspecified atom stereocenters. The van der Waals surface area contributed by atoms with Gasteiger partial charge in [-0.2, -0.15) is 5.26 Å². The van der Waals surface area contributed by atoms with E-state index >= 15 is 0 Å². The Morgan fingerprint density at radius 2 is 1.69 bits per heavy atom. The van der Waals surface area contributed by atoms with E-state index in [0.29, 0.717) is 5.56 Å². The molecule has 0 aromatic heterocycles. The van der Waals surface area contributed by atoms with Gasteiger partial charge in [0.1, 0.15) is 0 Å². The quantitative estimate of drug-likeness (QED) is 0.708. The average Bonchev–Trinajstić information content (AvgIpc) is 2.16. The second-order valence-electron chi connectivity index (χ2n) is 4.24. The Kier molecular flexibility index (Phi) is 2.45. The van der Waals surface area contributed by atoms with Crippen LogP contribution in [0.4, 0.5) is 12.9 Å². The van der Waals surface area contributed by atoms with Gasteiger partial charge in [-0.1, -0.05) is 24.3 Å². The van der Waals surface area contributed by atoms with Crippen LogP contribution < -0.4 is 5.46 Å². The Labute approximate surface area is 91.9 Å². The van der Waals surface area contributed by atoms with Crippen molar-refractivity contribution in [3.8, 4) is 6.07 Å². The van der Waals surface area contributed by atoms with Crippen LogP contribution in [0.5, 0.6) is 0 Å². The zero-order valence-electron chi connectivity index (χ0n) is 8.59. The van der Waals surface area contributed by atoms with E-state index in [2.05, 4.69) is 6.07 Å². The molecule has 0 saturated heterocycles. The van der Waals surface area contributed by atoms with Crippen molar-refractivity contribution < 1.29 is 12.9 Å². The Balaban J connectivity index is 2.30. The lowest BCUT2D eigenvalue weighted by Crippen LogP contribution is -2.36. The first-order valence-electron chi connectivity index (χ1n) is 5.20. The fourth-order valence-electron chi connectivity index (χ4n) is 2.02. The highest BCUT2D eigenvalue weighted by atomic mass is 19.4. The van der Waals surface area contributed by atoms with Gasteiger partial charge in [-0.25, -0.2) is 0 Å². The zero-order valence-corrected chi connectivity index (χ0v) is 8.59. The van der Waals surface area contributed by atoms with Crippen molar-refractivity contribution in [2.45, 2.75) is 24.7 Å². The van der Waals surface area contributed by atoms with E-state index in [0.717, 1.165) is 31.4 Å². The van der Waals surface area contributed by atoms with Crippen molar-refractivity contribution in [2.24, 2.45) is 0 Å². The molecule has 0 amide bonds. The molecule has 1 aromatic carbocycles. The first kappa shape index (κ1) is 11.1. The third-order valence-corrected chi connectivity index (χ3v) is 3.26. The van der Waals surface area contributed by atoms with Gasteiger partial charge in [-0.3, -0.25) is 0 Å². The van der Waals surface area contributed by atoms with Gasteiger partial charge < -0.3 is 12.9 Å². The Morgan fingerprint density at radius 3 is 2.00 bits per heavy atom. The predicted molar refractivity (Wildman–Crippen MR) is 56.3 cm³/mol. The number of halogens is 3. The number of hydrogen-bond donors (Lipinski definition) is 0. The van der Waals surface area contributed by atoms with Crippen LogP contribution in [0.2, 0.25) is 0 Å². The third-order valence-electron chi connectivity index (χ3n) is 3.26. The molecule has 1 aliphatic carbocycles. The van der Waals surface area contributed by atoms with Crippen LogP contribution in [0.15, 0.2) is 24.3 Å². The maximum atomic E-state index is 12.4. The number of nitriles is 1. The molecule has 1 saturated carbocycles. The molecule has 5 heteroatoms. The predicted octanol–water partition coefficient (Wildman–Crippen LogP) is 2.69. The topological polar surface area (TPSA) is 23.8 Å². The van der Waals surface area contributed by atoms with Crippen molar-refractivity contribution in [1.29, 1.82) is 5.26 Å². The molecule has 0 atom stereocenters. The average molecular weight is 224 g/mol. The minimum Gasteiger partial charge on any atom is -0.445 e. The molecule has 0 radical (unpaired) electrons. The highest BCUT2D eigenvalue weighted by Crippen LogP contribution is 2.42. The fraction of sp³-hybridized carbons (Fsp3) is 0.364. The molecular weight excluding hydrogens is 214 g/mol. The molecule has 1 nitrogen and oxygen atoms in total. The summed E-state index contributed by atoms with van der Waals surface area (Å²) >= 11 is 0. The molecule has 1 fully saturated rings. The van der Waals surface area contributed by atoms with Crippen LogP contribution in [0, 0.1) is 11.3 Å². The van der Waals surface area contributed by atoms with Gasteiger partial charge in [0.2, 0.25) is 0 Å². The SMILES string of the molecule is N#CC1(c2ccc([B-](F)(F)F)cc2)CCC1. The number of benzene rings is 1. The summed E-state index contributed by atoms with van der Waals surface area (Å²) in [6, 6.07) is 7.24. The smallest absolute Gasteiger partial charge is 0.445 e. The molecule has 84 valence electrons. The van der Waals surface area contributed by atoms with E-state index in [1.165, 1.54) is 12.1 Å². The summed E-state index contributed by atoms with van der Waals surface area (Å²) in [7, 11) is 0. The molecule has 0 aliphatic heterocycles. The maximum absolute atomic E-state index is 12.4. The van der Waals surface area contributed by atoms with Crippen LogP contribution in [-0.2, 0) is 5.41 Å². The summed E-state index contributed by atoms with van der Waals surface area (Å²) < 4.78 is 37.2. The second-order valence-corrected chi connectivity index (χ2v) is 4.24. The van der Waals surface area contributed by atoms with E-state index in [1.807, 2.05) is 0 Å². The summed E-state index contributed by atoms with van der Waals surface area (Å²) in [6.07, 6.45) is 2.47. The Morgan fingerprint density at radius 1 is 1.12 bits per heavy atom. The maximum Gasteiger partial charge on any atom is 0.509 e. The molecule has 0 heterocycles. The van der Waals surface area contributed by atoms with Gasteiger partial charge >= 0.3 is 6.98 Å². The summed E-state index contributed by atoms with van der Waals surface area (Å²) in [5.41, 5.74) is -0.418. The standard InChI is InChI=1S/C11H10BF3N/c13-12(14,15)10-4-2-9(3-5-10)11(8-16)6-1-7-11/h2-5H,1,6-7H2/q-1. The molecule has 1 aromatic rings. The number of nitrogens with zero attached hydrogens (tertiary/aromatic N) is 1. The van der Waals surface area contributed by atoms with Crippen LogP contribution >= 0.6 is 0 Å². The fourth-order valence-corrected chi connectivity index (χ4v) is 2.02. The van der Waals surface area contributed by atoms with Gasteiger partial charge in [0.15, 0.2) is 0 Å². The molecule has 2 rings (SSSR count). The van der Waals surface area contributed by atoms with Gasteiger partial charge in [-0.05, 0) is 24.8 Å². The monoisotopic (exact) mass is 224 g/mol. The van der Waals surface area contributed by atoms with Crippen molar-refractivity contribution in [3.05, 3.63) is 29.8 Å². The lowest BCUT2D eigenvalue weighted by Gasteiger charge is -2.35. The van der Waals surface area contributed by atoms with E-state index in [9.17, 15) is 12.9 Å². The van der Waals surface area contributed by atoms with E-state index in [1.54, 1.807) is 0 Å². The largest absolute Gasteiger partial charge is 0.509 e. The third kappa shape index (κ3) is 1.69. The minimum atomic E-state index is -4.93. The zero-order chi connectivity index (χ0) is 11.8. The van der Waals surface area contributed by atoms with Crippen LogP contribution in [-0.4, -0.2) is 6.98 Å². The molecule has 16 heavy (non-hydrogen) atoms. The van der Waals surface area contributed by atoms with Gasteiger partial charge in [-0.15, -0.1) is 5.46 Å². The number of hydrogen-bond acceptors (Lipinski definition) is 1. The normalized spacial score (nSPS) is 18.6. The van der Waals surface area contributed by atoms with Crippen molar-refractivity contribution >= 4 is 12.4 Å². The first-order valence-corrected chi connectivity index (χ1v) is 5.20. The van der Waals surface area contributed by atoms with E-state index in [4.69, 9.17) is 5.26 Å². The van der Waals surface area contributed by atoms with Gasteiger partial charge in [0.05, 0.1) is 11.5 Å². The van der Waals surface area contributed by atoms with Gasteiger partial charge in [0.25, 0.3) is 0 Å². The molecule has 0 bridgehead atoms. The molecule has 0 spiro atoms. The second kappa shape index (κ2) is 3.55. The van der Waals surface area contributed by atoms with Crippen LogP contribution in [0.25, 0.3) is 0 Å². The Bertz CT molecular complexity index is 426. The van der Waals surface area contributed by atoms with Gasteiger partial charge in [0, 0.05) is 0 Å². The summed E-state index contributed by atoms with van der Waals surface area (Å²) in [5, 5.41) is 9.05. The summed E-state index contributed by atoms with van der Waals surface area (Å²) in [4.78, 5) is 0. The summed E-state index contributed by atoms with van der Waals surface area (Å²) in [5.74, 6) is 0. The lowest BCUT2D eigenvalue weighted by atomic mass is 9.65. The van der Waals surface area contributed by atoms with Crippen molar-refractivity contribution in [1.82, 2.24) is 0 Å². The van der Waals surface area contributed by atoms with Crippen LogP contribution in [0.1, 0.15) is 24.8 Å². The molecule has 1 aliphatic rings. The van der Waals surface area contributed by atoms with E-state index in [-0.39, 0.29) is 0 Å². The Hall–Kier alpha value is -1.44. The highest BCUT2D eigenvalue weighted by molar-refractivity contribution is 6.73. The molecule has 0 N–H and O–H groups in total. The molecular formula is C11H10BF3N-. The van der Waals surface area contributed by atoms with Crippen molar-refractivity contribution in [2.75, 3.05) is 0 Å². The first-order chi connectivity index (χ1) is 7.48. The van der Waals surface area contributed by atoms with Crippen LogP contribution in [0.3, 0.4) is 0 Å². The number of rotatable bonds is 2. The lowest BCUT2D eigenvalue weighted by molar-refractivity contribution is 0.324. The van der Waals surface area contributed by atoms with E-state index < -0.39 is 17.9 Å². The highest BCUT2D eigenvalue weighted by Gasteiger charge is 2.39. The summed E-state index contributed by atoms with van der Waals surface area (Å²) in [6.45, 7) is -4.93. The van der Waals surface area contributed by atoms with Crippen molar-refractivity contribution in [3.63, 3.8) is 0 Å².